The third-order valence-electron chi connectivity index (χ3n) is 4.28. The van der Waals surface area contributed by atoms with Gasteiger partial charge in [-0.05, 0) is 37.1 Å². The fraction of sp³-hybridized carbons (Fsp3) is 0.263. The number of halogens is 2. The van der Waals surface area contributed by atoms with Crippen molar-refractivity contribution in [1.29, 1.82) is 0 Å². The Hall–Kier alpha value is -2.38. The molecule has 1 aliphatic rings. The topological polar surface area (TPSA) is 42.4 Å². The van der Waals surface area contributed by atoms with Crippen LogP contribution in [0.4, 0.5) is 13.9 Å². The Morgan fingerprint density at radius 2 is 2.00 bits per heavy atom. The number of benzene rings is 2. The number of ether oxygens (including phenoxy) is 1. The minimum Gasteiger partial charge on any atom is -0.376 e. The van der Waals surface area contributed by atoms with Gasteiger partial charge in [-0.1, -0.05) is 23.5 Å². The highest BCUT2D eigenvalue weighted by Crippen LogP contribution is 2.31. The normalized spacial score (nSPS) is 16.9. The predicted molar refractivity (Wildman–Crippen MR) is 96.6 cm³/mol. The number of aromatic nitrogens is 1. The third kappa shape index (κ3) is 3.45. The van der Waals surface area contributed by atoms with Crippen LogP contribution in [0, 0.1) is 11.6 Å². The van der Waals surface area contributed by atoms with Crippen molar-refractivity contribution in [1.82, 2.24) is 4.98 Å². The maximum absolute atomic E-state index is 13.6. The van der Waals surface area contributed by atoms with E-state index in [2.05, 4.69) is 4.98 Å². The quantitative estimate of drug-likeness (QED) is 0.680. The maximum Gasteiger partial charge on any atom is 0.260 e. The van der Waals surface area contributed by atoms with Crippen LogP contribution in [0.2, 0.25) is 0 Å². The van der Waals surface area contributed by atoms with Gasteiger partial charge in [-0.3, -0.25) is 9.69 Å². The van der Waals surface area contributed by atoms with Crippen LogP contribution in [0.25, 0.3) is 10.2 Å². The van der Waals surface area contributed by atoms with Crippen LogP contribution in [-0.2, 0) is 4.74 Å². The van der Waals surface area contributed by atoms with Gasteiger partial charge in [-0.2, -0.15) is 0 Å². The highest BCUT2D eigenvalue weighted by Gasteiger charge is 2.27. The second-order valence-electron chi connectivity index (χ2n) is 6.17. The van der Waals surface area contributed by atoms with Crippen molar-refractivity contribution in [2.75, 3.05) is 18.1 Å². The van der Waals surface area contributed by atoms with Gasteiger partial charge >= 0.3 is 0 Å². The zero-order chi connectivity index (χ0) is 18.1. The molecule has 1 saturated heterocycles. The molecule has 0 radical (unpaired) electrons. The standard InChI is InChI=1S/C19H16F2N2O2S/c20-13-8-12(9-14(21)10-13)18(24)23(11-15-4-3-7-25-15)19-22-16-5-1-2-6-17(16)26-19/h1-2,5-6,8-10,15H,3-4,7,11H2/t15-/m0/s1. The van der Waals surface area contributed by atoms with Crippen LogP contribution in [0.1, 0.15) is 23.2 Å². The lowest BCUT2D eigenvalue weighted by Gasteiger charge is -2.23. The summed E-state index contributed by atoms with van der Waals surface area (Å²) in [6.07, 6.45) is 1.66. The summed E-state index contributed by atoms with van der Waals surface area (Å²) < 4.78 is 33.7. The van der Waals surface area contributed by atoms with Gasteiger partial charge < -0.3 is 4.74 Å². The molecule has 1 amide bonds. The Morgan fingerprint density at radius 1 is 1.23 bits per heavy atom. The molecule has 2 aromatic carbocycles. The molecule has 26 heavy (non-hydrogen) atoms. The number of rotatable bonds is 4. The lowest BCUT2D eigenvalue weighted by atomic mass is 10.1. The number of hydrogen-bond donors (Lipinski definition) is 0. The first-order valence-corrected chi connectivity index (χ1v) is 9.17. The Bertz CT molecular complexity index is 900. The van der Waals surface area contributed by atoms with Crippen molar-refractivity contribution < 1.29 is 18.3 Å². The van der Waals surface area contributed by atoms with Gasteiger partial charge in [0, 0.05) is 18.2 Å². The van der Waals surface area contributed by atoms with Crippen molar-refractivity contribution in [3.8, 4) is 0 Å². The van der Waals surface area contributed by atoms with Crippen molar-refractivity contribution in [2.45, 2.75) is 18.9 Å². The van der Waals surface area contributed by atoms with E-state index in [1.807, 2.05) is 24.3 Å². The van der Waals surface area contributed by atoms with Crippen molar-refractivity contribution in [2.24, 2.45) is 0 Å². The molecule has 4 rings (SSSR count). The van der Waals surface area contributed by atoms with E-state index in [1.165, 1.54) is 16.2 Å². The average Bonchev–Trinajstić information content (AvgIpc) is 3.27. The van der Waals surface area contributed by atoms with Crippen molar-refractivity contribution in [3.63, 3.8) is 0 Å². The van der Waals surface area contributed by atoms with E-state index in [9.17, 15) is 13.6 Å². The fourth-order valence-electron chi connectivity index (χ4n) is 3.05. The van der Waals surface area contributed by atoms with E-state index >= 15 is 0 Å². The molecule has 1 aromatic heterocycles. The first-order chi connectivity index (χ1) is 12.6. The lowest BCUT2D eigenvalue weighted by molar-refractivity contribution is 0.0916. The zero-order valence-corrected chi connectivity index (χ0v) is 14.6. The van der Waals surface area contributed by atoms with Crippen LogP contribution in [-0.4, -0.2) is 30.1 Å². The summed E-state index contributed by atoms with van der Waals surface area (Å²) in [5.41, 5.74) is 0.739. The van der Waals surface area contributed by atoms with Crippen molar-refractivity contribution in [3.05, 3.63) is 59.7 Å². The number of hydrogen-bond acceptors (Lipinski definition) is 4. The first kappa shape index (κ1) is 17.1. The monoisotopic (exact) mass is 374 g/mol. The summed E-state index contributed by atoms with van der Waals surface area (Å²) in [5, 5.41) is 0.497. The molecule has 0 bridgehead atoms. The summed E-state index contributed by atoms with van der Waals surface area (Å²) in [6, 6.07) is 10.4. The lowest BCUT2D eigenvalue weighted by Crippen LogP contribution is -2.37. The van der Waals surface area contributed by atoms with Gasteiger partial charge in [-0.25, -0.2) is 13.8 Å². The van der Waals surface area contributed by atoms with Gasteiger partial charge in [0.05, 0.1) is 22.9 Å². The highest BCUT2D eigenvalue weighted by molar-refractivity contribution is 7.22. The molecule has 1 aliphatic heterocycles. The first-order valence-electron chi connectivity index (χ1n) is 8.35. The molecule has 1 fully saturated rings. The molecule has 0 aliphatic carbocycles. The molecule has 3 aromatic rings. The largest absolute Gasteiger partial charge is 0.376 e. The van der Waals surface area contributed by atoms with Crippen LogP contribution >= 0.6 is 11.3 Å². The number of amides is 1. The summed E-state index contributed by atoms with van der Waals surface area (Å²) in [7, 11) is 0. The van der Waals surface area contributed by atoms with E-state index in [1.54, 1.807) is 0 Å². The Balaban J connectivity index is 1.72. The third-order valence-corrected chi connectivity index (χ3v) is 5.34. The molecule has 2 heterocycles. The van der Waals surface area contributed by atoms with E-state index < -0.39 is 17.5 Å². The molecule has 7 heteroatoms. The minimum atomic E-state index is -0.783. The number of para-hydroxylation sites is 1. The molecule has 0 spiro atoms. The molecule has 0 saturated carbocycles. The zero-order valence-electron chi connectivity index (χ0n) is 13.8. The predicted octanol–water partition coefficient (Wildman–Crippen LogP) is 4.40. The van der Waals surface area contributed by atoms with E-state index in [4.69, 9.17) is 4.74 Å². The molecular formula is C19H16F2N2O2S. The molecular weight excluding hydrogens is 358 g/mol. The van der Waals surface area contributed by atoms with E-state index in [0.717, 1.165) is 41.3 Å². The van der Waals surface area contributed by atoms with E-state index in [0.29, 0.717) is 18.3 Å². The summed E-state index contributed by atoms with van der Waals surface area (Å²) in [5.74, 6) is -2.05. The van der Waals surface area contributed by atoms with Gasteiger partial charge in [0.15, 0.2) is 5.13 Å². The van der Waals surface area contributed by atoms with Crippen LogP contribution in [0.3, 0.4) is 0 Å². The molecule has 0 N–H and O–H groups in total. The summed E-state index contributed by atoms with van der Waals surface area (Å²) in [4.78, 5) is 19.0. The number of carbonyl (C=O) groups excluding carboxylic acids is 1. The number of nitrogens with zero attached hydrogens (tertiary/aromatic N) is 2. The number of fused-ring (bicyclic) bond motifs is 1. The highest BCUT2D eigenvalue weighted by atomic mass is 32.1. The number of thiazole rings is 1. The number of carbonyl (C=O) groups is 1. The smallest absolute Gasteiger partial charge is 0.260 e. The Kier molecular flexibility index (Phi) is 4.65. The van der Waals surface area contributed by atoms with Gasteiger partial charge in [0.2, 0.25) is 0 Å². The van der Waals surface area contributed by atoms with Gasteiger partial charge in [-0.15, -0.1) is 0 Å². The SMILES string of the molecule is O=C(c1cc(F)cc(F)c1)N(C[C@@H]1CCCO1)c1nc2ccccc2s1. The Morgan fingerprint density at radius 3 is 2.69 bits per heavy atom. The minimum absolute atomic E-state index is 0.0419. The summed E-state index contributed by atoms with van der Waals surface area (Å²) in [6.45, 7) is 0.956. The van der Waals surface area contributed by atoms with Crippen LogP contribution in [0.15, 0.2) is 42.5 Å². The summed E-state index contributed by atoms with van der Waals surface area (Å²) >= 11 is 1.37. The van der Waals surface area contributed by atoms with Gasteiger partial charge in [0.25, 0.3) is 5.91 Å². The molecule has 0 unspecified atom stereocenters. The Labute approximate surface area is 153 Å². The fourth-order valence-corrected chi connectivity index (χ4v) is 4.02. The number of anilines is 1. The maximum atomic E-state index is 13.6. The van der Waals surface area contributed by atoms with Crippen LogP contribution in [0.5, 0.6) is 0 Å². The average molecular weight is 374 g/mol. The molecule has 134 valence electrons. The molecule has 1 atom stereocenters. The second kappa shape index (κ2) is 7.09. The second-order valence-corrected chi connectivity index (χ2v) is 7.18. The molecule has 4 nitrogen and oxygen atoms in total. The van der Waals surface area contributed by atoms with Crippen molar-refractivity contribution >= 4 is 32.6 Å². The van der Waals surface area contributed by atoms with E-state index in [-0.39, 0.29) is 11.7 Å². The van der Waals surface area contributed by atoms with Gasteiger partial charge in [0.1, 0.15) is 11.6 Å². The van der Waals surface area contributed by atoms with Crippen LogP contribution < -0.4 is 4.90 Å².